The molecule has 0 aliphatic rings. The van der Waals surface area contributed by atoms with Gasteiger partial charge in [-0.2, -0.15) is 4.79 Å². The number of nitrogens with one attached hydrogen (secondary N) is 1. The van der Waals surface area contributed by atoms with Gasteiger partial charge < -0.3 is 16.9 Å². The van der Waals surface area contributed by atoms with E-state index in [0.29, 0.717) is 11.6 Å². The molecule has 1 heterocycles. The van der Waals surface area contributed by atoms with Crippen LogP contribution in [0.3, 0.4) is 0 Å². The highest BCUT2D eigenvalue weighted by Gasteiger charge is 1.96. The summed E-state index contributed by atoms with van der Waals surface area (Å²) in [6, 6.07) is 1.65. The van der Waals surface area contributed by atoms with Crippen LogP contribution in [0.5, 0.6) is 0 Å². The highest BCUT2D eigenvalue weighted by molar-refractivity contribution is 5.44. The minimum Gasteiger partial charge on any atom is -0.382 e. The number of anilines is 2. The molecule has 1 aromatic heterocycles. The third kappa shape index (κ3) is 0.883. The molecule has 0 atom stereocenters. The molecular weight excluding hydrogens is 118 g/mol. The Kier molecular flexibility index (Phi) is 1.18. The number of aromatic nitrogens is 2. The summed E-state index contributed by atoms with van der Waals surface area (Å²) < 4.78 is 0. The minimum absolute atomic E-state index is 0.444. The molecule has 0 aliphatic heterocycles. The molecule has 5 heteroatoms. The lowest BCUT2D eigenvalue weighted by Crippen LogP contribution is -2.13. The van der Waals surface area contributed by atoms with E-state index in [2.05, 4.69) is 10.4 Å². The highest BCUT2D eigenvalue weighted by atomic mass is 15.5. The van der Waals surface area contributed by atoms with Gasteiger partial charge in [0, 0.05) is 13.1 Å². The molecule has 0 fully saturated rings. The van der Waals surface area contributed by atoms with Crippen LogP contribution in [0.2, 0.25) is 0 Å². The Morgan fingerprint density at radius 3 is 2.67 bits per heavy atom. The summed E-state index contributed by atoms with van der Waals surface area (Å²) >= 11 is 0. The molecule has 0 spiro atoms. The normalized spacial score (nSPS) is 9.44. The maximum Gasteiger partial charge on any atom is 0.152 e. The van der Waals surface area contributed by atoms with Crippen molar-refractivity contribution in [2.75, 3.05) is 23.9 Å². The van der Waals surface area contributed by atoms with Crippen molar-refractivity contribution in [3.63, 3.8) is 0 Å². The minimum atomic E-state index is 0.444. The van der Waals surface area contributed by atoms with Crippen LogP contribution in [0.4, 0.5) is 11.6 Å². The van der Waals surface area contributed by atoms with Gasteiger partial charge in [0.05, 0.1) is 0 Å². The maximum absolute atomic E-state index is 5.35. The quantitative estimate of drug-likeness (QED) is 0.432. The summed E-state index contributed by atoms with van der Waals surface area (Å²) in [6.07, 6.45) is 0. The smallest absolute Gasteiger partial charge is 0.152 e. The molecule has 0 aromatic carbocycles. The second-order valence-corrected chi connectivity index (χ2v) is 1.65. The van der Waals surface area contributed by atoms with Crippen molar-refractivity contribution in [1.29, 1.82) is 0 Å². The number of hydrogen-bond acceptors (Lipinski definition) is 4. The second-order valence-electron chi connectivity index (χ2n) is 1.65. The van der Waals surface area contributed by atoms with Crippen molar-refractivity contribution >= 4 is 11.6 Å². The Hall–Kier alpha value is -1.39. The van der Waals surface area contributed by atoms with Gasteiger partial charge >= 0.3 is 0 Å². The third-order valence-corrected chi connectivity index (χ3v) is 1.02. The van der Waals surface area contributed by atoms with Crippen molar-refractivity contribution in [2.45, 2.75) is 0 Å². The van der Waals surface area contributed by atoms with E-state index in [1.54, 1.807) is 13.1 Å². The van der Waals surface area contributed by atoms with E-state index in [1.807, 2.05) is 0 Å². The van der Waals surface area contributed by atoms with E-state index >= 15 is 0 Å². The lowest BCUT2D eigenvalue weighted by atomic mass is 10.6. The summed E-state index contributed by atoms with van der Waals surface area (Å²) in [5.41, 5.74) is 5.35. The van der Waals surface area contributed by atoms with Gasteiger partial charge in [0.15, 0.2) is 5.82 Å². The van der Waals surface area contributed by atoms with Crippen molar-refractivity contribution < 1.29 is 0 Å². The lowest BCUT2D eigenvalue weighted by Gasteiger charge is -1.89. The summed E-state index contributed by atoms with van der Waals surface area (Å²) in [6.45, 7) is 0. The maximum atomic E-state index is 5.35. The van der Waals surface area contributed by atoms with Gasteiger partial charge in [0.1, 0.15) is 5.82 Å². The van der Waals surface area contributed by atoms with Crippen molar-refractivity contribution in [3.8, 4) is 0 Å². The molecule has 0 unspecified atom stereocenters. The molecule has 0 amide bonds. The van der Waals surface area contributed by atoms with Crippen LogP contribution in [-0.2, 0) is 0 Å². The number of nitrogens with two attached hydrogens (primary N) is 2. The second kappa shape index (κ2) is 1.85. The Bertz CT molecular complexity index is 183. The molecule has 0 saturated carbocycles. The molecule has 5 nitrogen and oxygen atoms in total. The van der Waals surface area contributed by atoms with E-state index < -0.39 is 0 Å². The van der Waals surface area contributed by atoms with Gasteiger partial charge in [-0.15, -0.1) is 5.10 Å². The van der Waals surface area contributed by atoms with Crippen LogP contribution >= 0.6 is 0 Å². The first-order valence-corrected chi connectivity index (χ1v) is 2.52. The molecule has 0 saturated heterocycles. The Morgan fingerprint density at radius 1 is 1.78 bits per heavy atom. The zero-order valence-electron chi connectivity index (χ0n) is 5.13. The van der Waals surface area contributed by atoms with Crippen LogP contribution in [0.15, 0.2) is 6.07 Å². The summed E-state index contributed by atoms with van der Waals surface area (Å²) in [5.74, 6) is 6.38. The zero-order chi connectivity index (χ0) is 6.85. The van der Waals surface area contributed by atoms with Gasteiger partial charge in [-0.3, -0.25) is 0 Å². The zero-order valence-corrected chi connectivity index (χ0v) is 5.13. The van der Waals surface area contributed by atoms with Crippen LogP contribution in [0.25, 0.3) is 0 Å². The number of nitrogens with zero attached hydrogens (tertiary/aromatic N) is 2. The number of hydrogen-bond donors (Lipinski definition) is 3. The first-order valence-electron chi connectivity index (χ1n) is 2.52. The molecule has 0 radical (unpaired) electrons. The molecule has 5 N–H and O–H groups in total. The fourth-order valence-corrected chi connectivity index (χ4v) is 0.531. The van der Waals surface area contributed by atoms with E-state index in [-0.39, 0.29) is 0 Å². The molecule has 1 rings (SSSR count). The fourth-order valence-electron chi connectivity index (χ4n) is 0.531. The van der Waals surface area contributed by atoms with E-state index in [9.17, 15) is 0 Å². The van der Waals surface area contributed by atoms with Crippen LogP contribution in [-0.4, -0.2) is 16.9 Å². The SMILES string of the molecule is CNc1cc(N)n(N)n1. The Labute approximate surface area is 52.6 Å². The summed E-state index contributed by atoms with van der Waals surface area (Å²) in [4.78, 5) is 1.12. The van der Waals surface area contributed by atoms with Crippen molar-refractivity contribution in [3.05, 3.63) is 6.07 Å². The highest BCUT2D eigenvalue weighted by Crippen LogP contribution is 2.05. The number of nitrogen functional groups attached to an aromatic ring is 2. The summed E-state index contributed by atoms with van der Waals surface area (Å²) in [5, 5.41) is 6.58. The first-order chi connectivity index (χ1) is 4.24. The van der Waals surface area contributed by atoms with Gasteiger partial charge in [-0.1, -0.05) is 0 Å². The fraction of sp³-hybridized carbons (Fsp3) is 0.250. The molecule has 0 aliphatic carbocycles. The first kappa shape index (κ1) is 5.74. The van der Waals surface area contributed by atoms with Crippen molar-refractivity contribution in [2.24, 2.45) is 0 Å². The molecular formula is C4H9N5. The lowest BCUT2D eigenvalue weighted by molar-refractivity contribution is 0.846. The molecule has 9 heavy (non-hydrogen) atoms. The van der Waals surface area contributed by atoms with E-state index in [4.69, 9.17) is 11.6 Å². The molecule has 1 aromatic rings. The van der Waals surface area contributed by atoms with Crippen LogP contribution in [0.1, 0.15) is 0 Å². The van der Waals surface area contributed by atoms with Gasteiger partial charge in [0.25, 0.3) is 0 Å². The van der Waals surface area contributed by atoms with Crippen molar-refractivity contribution in [1.82, 2.24) is 9.89 Å². The predicted molar refractivity (Wildman–Crippen MR) is 36.3 cm³/mol. The topological polar surface area (TPSA) is 81.9 Å². The van der Waals surface area contributed by atoms with Gasteiger partial charge in [-0.25, -0.2) is 0 Å². The Balaban J connectivity index is 2.98. The standard InChI is InChI=1S/C4H9N5/c1-7-4-2-3(5)9(6)8-4/h2H,5-6H2,1H3,(H,7,8). The third-order valence-electron chi connectivity index (χ3n) is 1.02. The molecule has 0 bridgehead atoms. The number of rotatable bonds is 1. The van der Waals surface area contributed by atoms with Crippen LogP contribution in [0, 0.1) is 0 Å². The van der Waals surface area contributed by atoms with Gasteiger partial charge in [-0.05, 0) is 0 Å². The van der Waals surface area contributed by atoms with E-state index in [0.717, 1.165) is 4.79 Å². The van der Waals surface area contributed by atoms with Gasteiger partial charge in [0.2, 0.25) is 0 Å². The largest absolute Gasteiger partial charge is 0.382 e. The monoisotopic (exact) mass is 127 g/mol. The predicted octanol–water partition coefficient (Wildman–Crippen LogP) is -0.779. The average molecular weight is 127 g/mol. The van der Waals surface area contributed by atoms with Crippen LogP contribution < -0.4 is 16.9 Å². The average Bonchev–Trinajstić information content (AvgIpc) is 2.13. The molecule has 50 valence electrons. The Morgan fingerprint density at radius 2 is 2.44 bits per heavy atom. The summed E-state index contributed by atoms with van der Waals surface area (Å²) in [7, 11) is 1.75. The van der Waals surface area contributed by atoms with E-state index in [1.165, 1.54) is 0 Å².